The second-order valence-corrected chi connectivity index (χ2v) is 4.64. The lowest BCUT2D eigenvalue weighted by Crippen LogP contribution is -2.62. The van der Waals surface area contributed by atoms with Crippen molar-refractivity contribution in [2.24, 2.45) is 11.7 Å². The van der Waals surface area contributed by atoms with E-state index in [0.717, 1.165) is 32.0 Å². The van der Waals surface area contributed by atoms with Gasteiger partial charge in [-0.25, -0.2) is 9.59 Å². The summed E-state index contributed by atoms with van der Waals surface area (Å²) in [6, 6.07) is -0.740. The molecule has 17 heavy (non-hydrogen) atoms. The van der Waals surface area contributed by atoms with Crippen LogP contribution in [-0.4, -0.2) is 52.2 Å². The minimum Gasteiger partial charge on any atom is -0.478 e. The van der Waals surface area contributed by atoms with E-state index >= 15 is 0 Å². The van der Waals surface area contributed by atoms with E-state index in [0.29, 0.717) is 5.92 Å². The van der Waals surface area contributed by atoms with Crippen LogP contribution in [0.4, 0.5) is 0 Å². The summed E-state index contributed by atoms with van der Waals surface area (Å²) >= 11 is 0. The van der Waals surface area contributed by atoms with Gasteiger partial charge in [0.2, 0.25) is 0 Å². The van der Waals surface area contributed by atoms with Gasteiger partial charge < -0.3 is 15.9 Å². The van der Waals surface area contributed by atoms with Crippen LogP contribution in [0, 0.1) is 5.92 Å². The lowest BCUT2D eigenvalue weighted by molar-refractivity contribution is -0.136. The van der Waals surface area contributed by atoms with E-state index in [-0.39, 0.29) is 11.6 Å². The average Bonchev–Trinajstić information content (AvgIpc) is 2.27. The Bertz CT molecular complexity index is 370. The first kappa shape index (κ1) is 12.1. The van der Waals surface area contributed by atoms with E-state index in [1.165, 1.54) is 0 Å². The predicted molar refractivity (Wildman–Crippen MR) is 59.4 cm³/mol. The van der Waals surface area contributed by atoms with Crippen molar-refractivity contribution in [2.45, 2.75) is 24.9 Å². The molecule has 6 heteroatoms. The number of hydrogen-bond donors (Lipinski definition) is 3. The van der Waals surface area contributed by atoms with Gasteiger partial charge >= 0.3 is 11.9 Å². The van der Waals surface area contributed by atoms with E-state index in [1.54, 1.807) is 0 Å². The highest BCUT2D eigenvalue weighted by molar-refractivity contribution is 5.95. The third-order valence-corrected chi connectivity index (χ3v) is 3.72. The second kappa shape index (κ2) is 4.46. The number of nitrogens with zero attached hydrogens (tertiary/aromatic N) is 1. The highest BCUT2D eigenvalue weighted by Crippen LogP contribution is 2.34. The fourth-order valence-corrected chi connectivity index (χ4v) is 2.89. The number of hydrogen-bond acceptors (Lipinski definition) is 4. The molecule has 1 unspecified atom stereocenters. The highest BCUT2D eigenvalue weighted by Gasteiger charge is 2.43. The Morgan fingerprint density at radius 2 is 1.82 bits per heavy atom. The molecule has 3 rings (SSSR count). The van der Waals surface area contributed by atoms with Crippen LogP contribution >= 0.6 is 0 Å². The summed E-state index contributed by atoms with van der Waals surface area (Å²) in [5.41, 5.74) is 5.94. The third-order valence-electron chi connectivity index (χ3n) is 3.72. The molecule has 2 bridgehead atoms. The van der Waals surface area contributed by atoms with Gasteiger partial charge in [0.1, 0.15) is 0 Å². The van der Waals surface area contributed by atoms with Crippen LogP contribution in [0.15, 0.2) is 11.6 Å². The van der Waals surface area contributed by atoms with Crippen molar-refractivity contribution in [2.75, 3.05) is 13.1 Å². The lowest BCUT2D eigenvalue weighted by atomic mass is 9.76. The van der Waals surface area contributed by atoms with Crippen LogP contribution in [-0.2, 0) is 9.59 Å². The molecule has 3 saturated heterocycles. The highest BCUT2D eigenvalue weighted by atomic mass is 16.4. The number of carboxylic acid groups (broad SMARTS) is 2. The molecule has 0 aromatic carbocycles. The van der Waals surface area contributed by atoms with Gasteiger partial charge in [0.05, 0.1) is 11.6 Å². The van der Waals surface area contributed by atoms with E-state index < -0.39 is 18.0 Å². The zero-order chi connectivity index (χ0) is 12.6. The van der Waals surface area contributed by atoms with E-state index in [4.69, 9.17) is 15.9 Å². The molecule has 0 aromatic rings. The van der Waals surface area contributed by atoms with Crippen molar-refractivity contribution < 1.29 is 19.8 Å². The van der Waals surface area contributed by atoms with Crippen LogP contribution in [0.5, 0.6) is 0 Å². The zero-order valence-electron chi connectivity index (χ0n) is 9.37. The molecule has 3 heterocycles. The fourth-order valence-electron chi connectivity index (χ4n) is 2.89. The van der Waals surface area contributed by atoms with Crippen LogP contribution in [0.2, 0.25) is 0 Å². The van der Waals surface area contributed by atoms with Crippen LogP contribution in [0.3, 0.4) is 0 Å². The Balaban J connectivity index is 2.30. The summed E-state index contributed by atoms with van der Waals surface area (Å²) < 4.78 is 0. The van der Waals surface area contributed by atoms with Gasteiger partial charge in [0.15, 0.2) is 0 Å². The molecule has 2 atom stereocenters. The molecule has 0 aromatic heterocycles. The number of fused-ring (bicyclic) bond motifs is 3. The van der Waals surface area contributed by atoms with Gasteiger partial charge in [-0.3, -0.25) is 4.90 Å². The van der Waals surface area contributed by atoms with E-state index in [1.807, 2.05) is 4.90 Å². The lowest BCUT2D eigenvalue weighted by Gasteiger charge is -2.49. The summed E-state index contributed by atoms with van der Waals surface area (Å²) in [7, 11) is 0. The van der Waals surface area contributed by atoms with Crippen molar-refractivity contribution in [3.8, 4) is 0 Å². The maximum absolute atomic E-state index is 11.1. The summed E-state index contributed by atoms with van der Waals surface area (Å²) in [5, 5.41) is 17.8. The number of piperidine rings is 3. The first-order valence-corrected chi connectivity index (χ1v) is 5.68. The first-order valence-electron chi connectivity index (χ1n) is 5.68. The van der Waals surface area contributed by atoms with Gasteiger partial charge in [-0.15, -0.1) is 0 Å². The molecule has 6 nitrogen and oxygen atoms in total. The van der Waals surface area contributed by atoms with Gasteiger partial charge in [0.25, 0.3) is 0 Å². The summed E-state index contributed by atoms with van der Waals surface area (Å²) in [6.45, 7) is 1.60. The summed E-state index contributed by atoms with van der Waals surface area (Å²) in [4.78, 5) is 23.8. The Kier molecular flexibility index (Phi) is 3.17. The topological polar surface area (TPSA) is 104 Å². The SMILES string of the molecule is NC1C2CCN(CC2)[C@@H]1/C(=C\C(=O)O)C(=O)O. The molecule has 0 saturated carbocycles. The summed E-state index contributed by atoms with van der Waals surface area (Å²) in [6.07, 6.45) is 2.71. The normalized spacial score (nSPS) is 36.9. The molecule has 3 aliphatic heterocycles. The maximum atomic E-state index is 11.1. The largest absolute Gasteiger partial charge is 0.478 e. The Labute approximate surface area is 98.7 Å². The smallest absolute Gasteiger partial charge is 0.333 e. The van der Waals surface area contributed by atoms with Crippen LogP contribution in [0.25, 0.3) is 0 Å². The van der Waals surface area contributed by atoms with Crippen molar-refractivity contribution in [1.29, 1.82) is 0 Å². The van der Waals surface area contributed by atoms with Crippen LogP contribution < -0.4 is 5.73 Å². The number of rotatable bonds is 3. The number of carbonyl (C=O) groups is 2. The molecule has 3 fully saturated rings. The minimum absolute atomic E-state index is 0.102. The van der Waals surface area contributed by atoms with Gasteiger partial charge in [0, 0.05) is 12.1 Å². The van der Waals surface area contributed by atoms with Gasteiger partial charge in [-0.1, -0.05) is 0 Å². The molecule has 3 aliphatic rings. The molecule has 0 radical (unpaired) electrons. The molecule has 0 amide bonds. The fraction of sp³-hybridized carbons (Fsp3) is 0.636. The number of nitrogens with two attached hydrogens (primary N) is 1. The van der Waals surface area contributed by atoms with Crippen LogP contribution in [0.1, 0.15) is 12.8 Å². The Hall–Kier alpha value is -1.40. The monoisotopic (exact) mass is 240 g/mol. The minimum atomic E-state index is -1.24. The zero-order valence-corrected chi connectivity index (χ0v) is 9.37. The Morgan fingerprint density at radius 1 is 1.24 bits per heavy atom. The van der Waals surface area contributed by atoms with Crippen molar-refractivity contribution >= 4 is 11.9 Å². The first-order chi connectivity index (χ1) is 8.00. The van der Waals surface area contributed by atoms with E-state index in [2.05, 4.69) is 0 Å². The standard InChI is InChI=1S/C11H16N2O4/c12-9-6-1-3-13(4-2-6)10(9)7(11(16)17)5-8(14)15/h5-6,9-10H,1-4,12H2,(H,14,15)(H,16,17)/b7-5+/t9?,10-/m1/s1. The van der Waals surface area contributed by atoms with Crippen molar-refractivity contribution in [3.63, 3.8) is 0 Å². The molecule has 94 valence electrons. The average molecular weight is 240 g/mol. The van der Waals surface area contributed by atoms with Gasteiger partial charge in [-0.05, 0) is 31.8 Å². The molecular weight excluding hydrogens is 224 g/mol. The summed E-state index contributed by atoms with van der Waals surface area (Å²) in [5.74, 6) is -2.13. The van der Waals surface area contributed by atoms with Crippen molar-refractivity contribution in [1.82, 2.24) is 4.90 Å². The number of carboxylic acids is 2. The number of aliphatic carboxylic acids is 2. The van der Waals surface area contributed by atoms with Crippen molar-refractivity contribution in [3.05, 3.63) is 11.6 Å². The molecular formula is C11H16N2O4. The maximum Gasteiger partial charge on any atom is 0.333 e. The second-order valence-electron chi connectivity index (χ2n) is 4.64. The molecule has 0 aliphatic carbocycles. The van der Waals surface area contributed by atoms with E-state index in [9.17, 15) is 9.59 Å². The predicted octanol–water partition coefficient (Wildman–Crippen LogP) is -0.496. The quantitative estimate of drug-likeness (QED) is 0.575. The Morgan fingerprint density at radius 3 is 2.24 bits per heavy atom. The van der Waals surface area contributed by atoms with Gasteiger partial charge in [-0.2, -0.15) is 0 Å². The third kappa shape index (κ3) is 2.18. The molecule has 0 spiro atoms. The molecule has 4 N–H and O–H groups in total.